The van der Waals surface area contributed by atoms with Crippen LogP contribution < -0.4 is 10.6 Å². The number of aromatic nitrogens is 1. The first-order valence-electron chi connectivity index (χ1n) is 8.30. The van der Waals surface area contributed by atoms with Gasteiger partial charge in [-0.3, -0.25) is 9.59 Å². The predicted molar refractivity (Wildman–Crippen MR) is 103 cm³/mol. The van der Waals surface area contributed by atoms with Crippen LogP contribution in [0, 0.1) is 0 Å². The van der Waals surface area contributed by atoms with Gasteiger partial charge in [0.25, 0.3) is 0 Å². The number of aliphatic carboxylic acids is 1. The van der Waals surface area contributed by atoms with Crippen LogP contribution in [0.1, 0.15) is 18.1 Å². The first-order valence-corrected chi connectivity index (χ1v) is 9.09. The maximum atomic E-state index is 12.7. The molecule has 0 fully saturated rings. The zero-order valence-corrected chi connectivity index (χ0v) is 16.3. The summed E-state index contributed by atoms with van der Waals surface area (Å²) in [6.07, 6.45) is 1.90. The lowest BCUT2D eigenvalue weighted by Crippen LogP contribution is -2.52. The van der Waals surface area contributed by atoms with Gasteiger partial charge >= 0.3 is 5.97 Å². The van der Waals surface area contributed by atoms with E-state index in [9.17, 15) is 19.5 Å². The van der Waals surface area contributed by atoms with Crippen molar-refractivity contribution in [2.45, 2.75) is 31.8 Å². The number of carboxylic acid groups (broad SMARTS) is 1. The second-order valence-electron chi connectivity index (χ2n) is 6.00. The van der Waals surface area contributed by atoms with E-state index in [1.165, 1.54) is 6.92 Å². The highest BCUT2D eigenvalue weighted by molar-refractivity contribution is 9.10. The molecule has 27 heavy (non-hydrogen) atoms. The third kappa shape index (κ3) is 6.49. The fourth-order valence-corrected chi connectivity index (χ4v) is 2.98. The molecule has 0 radical (unpaired) electrons. The van der Waals surface area contributed by atoms with Crippen molar-refractivity contribution < 1.29 is 19.5 Å². The quantitative estimate of drug-likeness (QED) is 0.549. The van der Waals surface area contributed by atoms with E-state index >= 15 is 0 Å². The fourth-order valence-electron chi connectivity index (χ4n) is 2.57. The Bertz CT molecular complexity index is 814. The standard InChI is InChI=1S/C19H20BrN3O4/c1-12(24)22-15(10-13-6-3-2-4-7-13)18(25)23-16(19(26)27)11-14-8-5-9-21-17(14)20/h2-9,15-16H,10-11H2,1H3,(H,22,24)(H,23,25)(H,26,27)/t15-,16-/m1/s1. The van der Waals surface area contributed by atoms with Gasteiger partial charge < -0.3 is 15.7 Å². The maximum Gasteiger partial charge on any atom is 0.326 e. The van der Waals surface area contributed by atoms with E-state index in [-0.39, 0.29) is 18.7 Å². The van der Waals surface area contributed by atoms with Crippen molar-refractivity contribution in [3.05, 3.63) is 64.4 Å². The van der Waals surface area contributed by atoms with Crippen LogP contribution in [0.15, 0.2) is 53.3 Å². The van der Waals surface area contributed by atoms with Gasteiger partial charge in [0.05, 0.1) is 0 Å². The summed E-state index contributed by atoms with van der Waals surface area (Å²) in [6, 6.07) is 10.6. The second-order valence-corrected chi connectivity index (χ2v) is 6.75. The SMILES string of the molecule is CC(=O)N[C@H](Cc1ccccc1)C(=O)N[C@H](Cc1cccnc1Br)C(=O)O. The molecule has 0 aliphatic rings. The highest BCUT2D eigenvalue weighted by Crippen LogP contribution is 2.15. The van der Waals surface area contributed by atoms with Crippen molar-refractivity contribution in [2.24, 2.45) is 0 Å². The van der Waals surface area contributed by atoms with Gasteiger partial charge in [-0.2, -0.15) is 0 Å². The van der Waals surface area contributed by atoms with Gasteiger partial charge in [0.2, 0.25) is 11.8 Å². The van der Waals surface area contributed by atoms with E-state index in [1.807, 2.05) is 30.3 Å². The number of hydrogen-bond acceptors (Lipinski definition) is 4. The molecule has 0 saturated carbocycles. The minimum Gasteiger partial charge on any atom is -0.480 e. The second kappa shape index (κ2) is 9.82. The van der Waals surface area contributed by atoms with Gasteiger partial charge in [-0.05, 0) is 33.1 Å². The van der Waals surface area contributed by atoms with Crippen molar-refractivity contribution in [2.75, 3.05) is 0 Å². The number of halogens is 1. The molecule has 2 aromatic rings. The molecule has 0 saturated heterocycles. The Morgan fingerprint density at radius 3 is 2.33 bits per heavy atom. The Morgan fingerprint density at radius 1 is 1.04 bits per heavy atom. The van der Waals surface area contributed by atoms with E-state index in [0.29, 0.717) is 10.2 Å². The van der Waals surface area contributed by atoms with Crippen LogP contribution in [0.25, 0.3) is 0 Å². The van der Waals surface area contributed by atoms with E-state index in [4.69, 9.17) is 0 Å². The van der Waals surface area contributed by atoms with Crippen molar-refractivity contribution in [3.8, 4) is 0 Å². The zero-order valence-electron chi connectivity index (χ0n) is 14.7. The minimum absolute atomic E-state index is 0.0631. The molecule has 8 heteroatoms. The highest BCUT2D eigenvalue weighted by Gasteiger charge is 2.27. The van der Waals surface area contributed by atoms with Gasteiger partial charge in [0, 0.05) is 26.0 Å². The molecule has 3 N–H and O–H groups in total. The number of nitrogens with zero attached hydrogens (tertiary/aromatic N) is 1. The monoisotopic (exact) mass is 433 g/mol. The number of amides is 2. The maximum absolute atomic E-state index is 12.7. The summed E-state index contributed by atoms with van der Waals surface area (Å²) in [5, 5.41) is 14.6. The van der Waals surface area contributed by atoms with E-state index in [1.54, 1.807) is 18.3 Å². The zero-order chi connectivity index (χ0) is 19.8. The van der Waals surface area contributed by atoms with Gasteiger partial charge in [-0.15, -0.1) is 0 Å². The third-order valence-corrected chi connectivity index (χ3v) is 4.57. The molecule has 1 aromatic heterocycles. The first-order chi connectivity index (χ1) is 12.9. The predicted octanol–water partition coefficient (Wildman–Crippen LogP) is 1.70. The summed E-state index contributed by atoms with van der Waals surface area (Å²) >= 11 is 3.27. The summed E-state index contributed by atoms with van der Waals surface area (Å²) in [7, 11) is 0. The summed E-state index contributed by atoms with van der Waals surface area (Å²) in [4.78, 5) is 39.8. The van der Waals surface area contributed by atoms with Crippen LogP contribution in [0.5, 0.6) is 0 Å². The number of pyridine rings is 1. The Balaban J connectivity index is 2.13. The van der Waals surface area contributed by atoms with Crippen molar-refractivity contribution in [3.63, 3.8) is 0 Å². The average Bonchev–Trinajstić information content (AvgIpc) is 2.62. The number of carboxylic acids is 1. The molecule has 2 rings (SSSR count). The highest BCUT2D eigenvalue weighted by atomic mass is 79.9. The number of nitrogens with one attached hydrogen (secondary N) is 2. The lowest BCUT2D eigenvalue weighted by atomic mass is 10.0. The number of benzene rings is 1. The number of carbonyl (C=O) groups excluding carboxylic acids is 2. The molecule has 0 aliphatic heterocycles. The Labute approximate surface area is 165 Å². The van der Waals surface area contributed by atoms with Crippen molar-refractivity contribution >= 4 is 33.7 Å². The van der Waals surface area contributed by atoms with E-state index < -0.39 is 24.0 Å². The summed E-state index contributed by atoms with van der Waals surface area (Å²) in [5.74, 6) is -2.09. The minimum atomic E-state index is -1.17. The van der Waals surface area contributed by atoms with Gasteiger partial charge in [0.15, 0.2) is 0 Å². The van der Waals surface area contributed by atoms with Crippen molar-refractivity contribution in [1.29, 1.82) is 0 Å². The topological polar surface area (TPSA) is 108 Å². The number of hydrogen-bond donors (Lipinski definition) is 3. The normalized spacial score (nSPS) is 12.7. The Morgan fingerprint density at radius 2 is 1.74 bits per heavy atom. The molecule has 2 amide bonds. The van der Waals surface area contributed by atoms with E-state index in [0.717, 1.165) is 5.56 Å². The Kier molecular flexibility index (Phi) is 7.48. The van der Waals surface area contributed by atoms with E-state index in [2.05, 4.69) is 31.5 Å². The van der Waals surface area contributed by atoms with Gasteiger partial charge in [-0.1, -0.05) is 36.4 Å². The molecule has 7 nitrogen and oxygen atoms in total. The Hall–Kier alpha value is -2.74. The van der Waals surface area contributed by atoms with Crippen LogP contribution in [0.2, 0.25) is 0 Å². The molecule has 1 heterocycles. The smallest absolute Gasteiger partial charge is 0.326 e. The molecule has 142 valence electrons. The van der Waals surface area contributed by atoms with Crippen molar-refractivity contribution in [1.82, 2.24) is 15.6 Å². The summed E-state index contributed by atoms with van der Waals surface area (Å²) in [5.41, 5.74) is 1.51. The lowest BCUT2D eigenvalue weighted by Gasteiger charge is -2.21. The molecular formula is C19H20BrN3O4. The largest absolute Gasteiger partial charge is 0.480 e. The van der Waals surface area contributed by atoms with Crippen LogP contribution in [-0.4, -0.2) is 40.0 Å². The van der Waals surface area contributed by atoms with Gasteiger partial charge in [0.1, 0.15) is 16.7 Å². The van der Waals surface area contributed by atoms with Crippen LogP contribution in [0.4, 0.5) is 0 Å². The third-order valence-electron chi connectivity index (χ3n) is 3.85. The van der Waals surface area contributed by atoms with Gasteiger partial charge in [-0.25, -0.2) is 9.78 Å². The lowest BCUT2D eigenvalue weighted by molar-refractivity contribution is -0.142. The molecule has 0 bridgehead atoms. The summed E-state index contributed by atoms with van der Waals surface area (Å²) < 4.78 is 0.521. The number of carbonyl (C=O) groups is 3. The fraction of sp³-hybridized carbons (Fsp3) is 0.263. The average molecular weight is 434 g/mol. The van der Waals surface area contributed by atoms with Crippen LogP contribution in [0.3, 0.4) is 0 Å². The summed E-state index contributed by atoms with van der Waals surface area (Å²) in [6.45, 7) is 1.31. The number of rotatable bonds is 8. The molecule has 2 atom stereocenters. The van der Waals surface area contributed by atoms with Crippen LogP contribution >= 0.6 is 15.9 Å². The molecule has 0 unspecified atom stereocenters. The first kappa shape index (κ1) is 20.6. The molecular weight excluding hydrogens is 414 g/mol. The molecule has 0 spiro atoms. The van der Waals surface area contributed by atoms with Crippen LogP contribution in [-0.2, 0) is 27.2 Å². The molecule has 1 aromatic carbocycles. The molecule has 0 aliphatic carbocycles.